The van der Waals surface area contributed by atoms with Gasteiger partial charge in [-0.2, -0.15) is 0 Å². The molecule has 1 saturated heterocycles. The predicted octanol–water partition coefficient (Wildman–Crippen LogP) is 2.53. The molecule has 0 unspecified atom stereocenters. The van der Waals surface area contributed by atoms with Crippen molar-refractivity contribution in [1.29, 1.82) is 0 Å². The molecule has 1 aromatic carbocycles. The minimum absolute atomic E-state index is 0.128. The van der Waals surface area contributed by atoms with Crippen LogP contribution in [0.2, 0.25) is 0 Å². The van der Waals surface area contributed by atoms with Crippen molar-refractivity contribution < 1.29 is 9.59 Å². The summed E-state index contributed by atoms with van der Waals surface area (Å²) in [6.07, 6.45) is 1.73. The first-order valence-electron chi connectivity index (χ1n) is 10.9. The molecular weight excluding hydrogens is 422 g/mol. The molecule has 2 amide bonds. The summed E-state index contributed by atoms with van der Waals surface area (Å²) < 4.78 is 1.30. The van der Waals surface area contributed by atoms with E-state index in [1.807, 2.05) is 24.3 Å². The molecule has 3 aromatic rings. The number of amides is 2. The van der Waals surface area contributed by atoms with E-state index in [0.29, 0.717) is 18.3 Å². The van der Waals surface area contributed by atoms with Gasteiger partial charge in [0.05, 0.1) is 6.04 Å². The highest BCUT2D eigenvalue weighted by molar-refractivity contribution is 7.19. The number of hydrogen-bond acceptors (Lipinski definition) is 6. The van der Waals surface area contributed by atoms with Gasteiger partial charge < -0.3 is 21.7 Å². The molecule has 5 N–H and O–H groups in total. The Morgan fingerprint density at radius 2 is 2.09 bits per heavy atom. The van der Waals surface area contributed by atoms with E-state index >= 15 is 0 Å². The number of aromatic nitrogens is 1. The van der Waals surface area contributed by atoms with Gasteiger partial charge in [0.25, 0.3) is 0 Å². The second-order valence-corrected chi connectivity index (χ2v) is 9.61. The van der Waals surface area contributed by atoms with Crippen molar-refractivity contribution in [3.05, 3.63) is 58.6 Å². The van der Waals surface area contributed by atoms with Crippen LogP contribution in [-0.2, 0) is 22.6 Å². The van der Waals surface area contributed by atoms with Crippen molar-refractivity contribution >= 4 is 39.1 Å². The summed E-state index contributed by atoms with van der Waals surface area (Å²) in [4.78, 5) is 30.7. The molecule has 8 heteroatoms. The first-order chi connectivity index (χ1) is 15.4. The molecule has 7 nitrogen and oxygen atoms in total. The van der Waals surface area contributed by atoms with E-state index in [1.165, 1.54) is 15.0 Å². The summed E-state index contributed by atoms with van der Waals surface area (Å²) in [6.45, 7) is 4.70. The number of anilines is 1. The van der Waals surface area contributed by atoms with Crippen LogP contribution in [0.4, 0.5) is 5.82 Å². The number of nitrogen functional groups attached to an aromatic ring is 1. The number of carbonyl (C=O) groups excluding carboxylic acids is 2. The van der Waals surface area contributed by atoms with E-state index in [1.54, 1.807) is 13.0 Å². The lowest BCUT2D eigenvalue weighted by atomic mass is 10.00. The maximum atomic E-state index is 12.7. The van der Waals surface area contributed by atoms with Crippen LogP contribution in [-0.4, -0.2) is 35.4 Å². The Balaban J connectivity index is 1.24. The number of benzene rings is 1. The molecule has 0 bridgehead atoms. The number of nitrogens with two attached hydrogens (primary N) is 1. The topological polar surface area (TPSA) is 109 Å². The number of pyridine rings is 1. The van der Waals surface area contributed by atoms with Gasteiger partial charge in [0.2, 0.25) is 11.8 Å². The fraction of sp³-hybridized carbons (Fsp3) is 0.375. The number of nitrogens with zero attached hydrogens (tertiary/aromatic N) is 1. The average Bonchev–Trinajstić information content (AvgIpc) is 3.39. The van der Waals surface area contributed by atoms with Crippen molar-refractivity contribution in [2.75, 3.05) is 12.3 Å². The highest BCUT2D eigenvalue weighted by Crippen LogP contribution is 2.29. The van der Waals surface area contributed by atoms with Crippen LogP contribution in [0.1, 0.15) is 29.5 Å². The molecule has 0 aliphatic carbocycles. The Morgan fingerprint density at radius 1 is 1.28 bits per heavy atom. The van der Waals surface area contributed by atoms with Gasteiger partial charge in [-0.1, -0.05) is 24.3 Å². The Hall–Kier alpha value is -2.97. The zero-order valence-corrected chi connectivity index (χ0v) is 19.2. The molecule has 4 rings (SSSR count). The van der Waals surface area contributed by atoms with Crippen LogP contribution in [0.15, 0.2) is 42.5 Å². The molecule has 1 fully saturated rings. The van der Waals surface area contributed by atoms with Crippen molar-refractivity contribution in [1.82, 2.24) is 20.9 Å². The lowest BCUT2D eigenvalue weighted by Gasteiger charge is -2.17. The first-order valence-corrected chi connectivity index (χ1v) is 11.7. The van der Waals surface area contributed by atoms with Crippen molar-refractivity contribution in [2.24, 2.45) is 5.92 Å². The van der Waals surface area contributed by atoms with E-state index in [-0.39, 0.29) is 17.9 Å². The third-order valence-corrected chi connectivity index (χ3v) is 7.07. The Kier molecular flexibility index (Phi) is 6.72. The summed E-state index contributed by atoms with van der Waals surface area (Å²) in [5.41, 5.74) is 7.34. The monoisotopic (exact) mass is 451 g/mol. The predicted molar refractivity (Wildman–Crippen MR) is 128 cm³/mol. The molecular formula is C24H29N5O2S. The number of rotatable bonds is 7. The van der Waals surface area contributed by atoms with E-state index in [4.69, 9.17) is 5.73 Å². The van der Waals surface area contributed by atoms with Gasteiger partial charge >= 0.3 is 0 Å². The fourth-order valence-electron chi connectivity index (χ4n) is 4.10. The SMILES string of the molecule is Cc1nc(N)ccc1CNC(=O)[C@H](C)NC(=O)[C@H]1C[C@H](Cc2cc3ccccc3s2)CN1. The lowest BCUT2D eigenvalue weighted by Crippen LogP contribution is -2.50. The maximum absolute atomic E-state index is 12.7. The average molecular weight is 452 g/mol. The summed E-state index contributed by atoms with van der Waals surface area (Å²) >= 11 is 1.82. The molecule has 0 spiro atoms. The molecule has 2 aromatic heterocycles. The normalized spacial score (nSPS) is 19.1. The number of aryl methyl sites for hydroxylation is 1. The van der Waals surface area contributed by atoms with Crippen molar-refractivity contribution in [3.8, 4) is 0 Å². The lowest BCUT2D eigenvalue weighted by molar-refractivity contribution is -0.129. The van der Waals surface area contributed by atoms with Gasteiger partial charge in [-0.25, -0.2) is 4.98 Å². The minimum Gasteiger partial charge on any atom is -0.384 e. The number of nitrogens with one attached hydrogen (secondary N) is 3. The van der Waals surface area contributed by atoms with Crippen LogP contribution >= 0.6 is 11.3 Å². The Bertz CT molecular complexity index is 1100. The summed E-state index contributed by atoms with van der Waals surface area (Å²) in [5.74, 6) is 0.503. The zero-order chi connectivity index (χ0) is 22.7. The minimum atomic E-state index is -0.618. The molecule has 3 heterocycles. The van der Waals surface area contributed by atoms with Crippen molar-refractivity contribution in [3.63, 3.8) is 0 Å². The summed E-state index contributed by atoms with van der Waals surface area (Å²) in [5, 5.41) is 10.3. The van der Waals surface area contributed by atoms with Gasteiger partial charge in [0, 0.05) is 21.8 Å². The molecule has 1 aliphatic heterocycles. The van der Waals surface area contributed by atoms with Crippen LogP contribution < -0.4 is 21.7 Å². The molecule has 3 atom stereocenters. The smallest absolute Gasteiger partial charge is 0.242 e. The fourth-order valence-corrected chi connectivity index (χ4v) is 5.28. The van der Waals surface area contributed by atoms with Gasteiger partial charge in [-0.15, -0.1) is 11.3 Å². The molecule has 168 valence electrons. The van der Waals surface area contributed by atoms with Crippen LogP contribution in [0.3, 0.4) is 0 Å². The number of hydrogen-bond donors (Lipinski definition) is 4. The highest BCUT2D eigenvalue weighted by atomic mass is 32.1. The number of carbonyl (C=O) groups is 2. The molecule has 32 heavy (non-hydrogen) atoms. The zero-order valence-electron chi connectivity index (χ0n) is 18.4. The van der Waals surface area contributed by atoms with E-state index in [9.17, 15) is 9.59 Å². The number of thiophene rings is 1. The first kappa shape index (κ1) is 22.2. The molecule has 0 saturated carbocycles. The molecule has 1 aliphatic rings. The van der Waals surface area contributed by atoms with Crippen LogP contribution in [0.5, 0.6) is 0 Å². The Morgan fingerprint density at radius 3 is 2.88 bits per heavy atom. The van der Waals surface area contributed by atoms with Gasteiger partial charge in [0.15, 0.2) is 0 Å². The quantitative estimate of drug-likeness (QED) is 0.441. The third-order valence-electron chi connectivity index (χ3n) is 5.93. The van der Waals surface area contributed by atoms with Crippen LogP contribution in [0, 0.1) is 12.8 Å². The van der Waals surface area contributed by atoms with Crippen LogP contribution in [0.25, 0.3) is 10.1 Å². The largest absolute Gasteiger partial charge is 0.384 e. The van der Waals surface area contributed by atoms with Gasteiger partial charge in [-0.05, 0) is 68.3 Å². The maximum Gasteiger partial charge on any atom is 0.242 e. The van der Waals surface area contributed by atoms with Gasteiger partial charge in [0.1, 0.15) is 11.9 Å². The van der Waals surface area contributed by atoms with Gasteiger partial charge in [-0.3, -0.25) is 9.59 Å². The summed E-state index contributed by atoms with van der Waals surface area (Å²) in [7, 11) is 0. The number of fused-ring (bicyclic) bond motifs is 1. The molecule has 0 radical (unpaired) electrons. The summed E-state index contributed by atoms with van der Waals surface area (Å²) in [6, 6.07) is 13.3. The third kappa shape index (κ3) is 5.26. The standard InChI is InChI=1S/C24H29N5O2S/c1-14-18(7-8-22(25)28-14)13-27-23(30)15(2)29-24(31)20-10-16(12-26-20)9-19-11-17-5-3-4-6-21(17)32-19/h3-8,11,15-16,20,26H,9-10,12-13H2,1-2H3,(H2,25,28)(H,27,30)(H,29,31)/t15-,16-,20+/m0/s1. The van der Waals surface area contributed by atoms with Crippen molar-refractivity contribution in [2.45, 2.75) is 45.3 Å². The highest BCUT2D eigenvalue weighted by Gasteiger charge is 2.31. The second-order valence-electron chi connectivity index (χ2n) is 8.45. The Labute approximate surface area is 191 Å². The van der Waals surface area contributed by atoms with E-state index < -0.39 is 6.04 Å². The second kappa shape index (κ2) is 9.67. The van der Waals surface area contributed by atoms with E-state index in [0.717, 1.165) is 30.6 Å². The van der Waals surface area contributed by atoms with E-state index in [2.05, 4.69) is 51.3 Å².